The third-order valence-electron chi connectivity index (χ3n) is 7.14. The van der Waals surface area contributed by atoms with Gasteiger partial charge < -0.3 is 24.4 Å². The first-order valence-corrected chi connectivity index (χ1v) is 16.5. The number of sulfonamides is 1. The third-order valence-corrected chi connectivity index (χ3v) is 9.87. The van der Waals surface area contributed by atoms with E-state index in [9.17, 15) is 18.0 Å². The number of benzene rings is 3. The SMILES string of the molecule is CC[C@@H](C)NC(=O)[C@H](C)N(Cc1ccc(Cl)c(Cl)c1)C(=O)CN(c1cc(Cl)ccc1OC)S(=O)(=O)c1ccc(OC)c(OC)c1. The number of nitrogens with zero attached hydrogens (tertiary/aromatic N) is 2. The Hall–Kier alpha value is -3.38. The summed E-state index contributed by atoms with van der Waals surface area (Å²) in [4.78, 5) is 28.6. The number of halogens is 3. The molecule has 1 N–H and O–H groups in total. The molecule has 0 aliphatic heterocycles. The van der Waals surface area contributed by atoms with Gasteiger partial charge in [0.25, 0.3) is 10.0 Å². The van der Waals surface area contributed by atoms with Crippen molar-refractivity contribution in [3.05, 3.63) is 75.2 Å². The van der Waals surface area contributed by atoms with Crippen LogP contribution in [0.5, 0.6) is 17.2 Å². The molecule has 0 spiro atoms. The van der Waals surface area contributed by atoms with Crippen molar-refractivity contribution in [1.29, 1.82) is 0 Å². The Kier molecular flexibility index (Phi) is 12.6. The summed E-state index contributed by atoms with van der Waals surface area (Å²) in [5.41, 5.74) is 0.593. The summed E-state index contributed by atoms with van der Waals surface area (Å²) in [6.45, 7) is 4.56. The molecule has 0 unspecified atom stereocenters. The van der Waals surface area contributed by atoms with Gasteiger partial charge in [0.1, 0.15) is 18.3 Å². The van der Waals surface area contributed by atoms with Gasteiger partial charge in [-0.3, -0.25) is 13.9 Å². The van der Waals surface area contributed by atoms with Gasteiger partial charge in [-0.2, -0.15) is 0 Å². The monoisotopic (exact) mass is 699 g/mol. The summed E-state index contributed by atoms with van der Waals surface area (Å²) in [7, 11) is -0.300. The molecule has 3 aromatic carbocycles. The lowest BCUT2D eigenvalue weighted by atomic mass is 10.1. The van der Waals surface area contributed by atoms with Gasteiger partial charge in [0.2, 0.25) is 11.8 Å². The lowest BCUT2D eigenvalue weighted by Crippen LogP contribution is -2.52. The molecule has 0 fully saturated rings. The Morgan fingerprint density at radius 3 is 2.09 bits per heavy atom. The zero-order chi connectivity index (χ0) is 33.5. The molecule has 0 aliphatic carbocycles. The minimum atomic E-state index is -4.47. The van der Waals surface area contributed by atoms with Crippen molar-refractivity contribution in [3.8, 4) is 17.2 Å². The van der Waals surface area contributed by atoms with E-state index in [1.807, 2.05) is 13.8 Å². The molecule has 0 aliphatic rings. The van der Waals surface area contributed by atoms with Crippen LogP contribution in [0.15, 0.2) is 59.5 Å². The molecule has 244 valence electrons. The van der Waals surface area contributed by atoms with Crippen molar-refractivity contribution in [3.63, 3.8) is 0 Å². The van der Waals surface area contributed by atoms with Crippen molar-refractivity contribution in [2.24, 2.45) is 0 Å². The average Bonchev–Trinajstić information content (AvgIpc) is 3.02. The smallest absolute Gasteiger partial charge is 0.265 e. The molecule has 0 heterocycles. The first-order chi connectivity index (χ1) is 21.3. The Labute approximate surface area is 279 Å². The zero-order valence-corrected chi connectivity index (χ0v) is 28.9. The fourth-order valence-electron chi connectivity index (χ4n) is 4.36. The maximum atomic E-state index is 14.3. The number of amides is 2. The molecule has 45 heavy (non-hydrogen) atoms. The van der Waals surface area contributed by atoms with E-state index in [2.05, 4.69) is 5.32 Å². The highest BCUT2D eigenvalue weighted by molar-refractivity contribution is 7.92. The second-order valence-electron chi connectivity index (χ2n) is 10.1. The van der Waals surface area contributed by atoms with Crippen LogP contribution in [0, 0.1) is 0 Å². The van der Waals surface area contributed by atoms with Crippen LogP contribution in [0.2, 0.25) is 15.1 Å². The fourth-order valence-corrected chi connectivity index (χ4v) is 6.28. The third kappa shape index (κ3) is 8.66. The number of carbonyl (C=O) groups excluding carboxylic acids is 2. The predicted octanol–water partition coefficient (Wildman–Crippen LogP) is 6.20. The first-order valence-electron chi connectivity index (χ1n) is 13.9. The van der Waals surface area contributed by atoms with Crippen molar-refractivity contribution in [2.75, 3.05) is 32.2 Å². The molecule has 0 radical (unpaired) electrons. The summed E-state index contributed by atoms with van der Waals surface area (Å²) in [6, 6.07) is 12.2. The Morgan fingerprint density at radius 2 is 1.49 bits per heavy atom. The van der Waals surface area contributed by atoms with Crippen LogP contribution in [0.4, 0.5) is 5.69 Å². The van der Waals surface area contributed by atoms with Crippen molar-refractivity contribution in [2.45, 2.75) is 50.7 Å². The minimum absolute atomic E-state index is 0.0133. The number of nitrogens with one attached hydrogen (secondary N) is 1. The van der Waals surface area contributed by atoms with Crippen molar-refractivity contribution in [1.82, 2.24) is 10.2 Å². The van der Waals surface area contributed by atoms with Gasteiger partial charge in [0.05, 0.1) is 42.0 Å². The predicted molar refractivity (Wildman–Crippen MR) is 176 cm³/mol. The van der Waals surface area contributed by atoms with Gasteiger partial charge in [-0.25, -0.2) is 8.42 Å². The van der Waals surface area contributed by atoms with Gasteiger partial charge in [0, 0.05) is 23.7 Å². The standard InChI is InChI=1S/C31H36Cl3N3O7S/c1-7-19(2)35-31(39)20(3)36(17-21-8-11-24(33)25(34)14-21)30(38)18-37(26-15-22(32)9-12-27(26)42-4)45(40,41)23-10-13-28(43-5)29(16-23)44-6/h8-16,19-20H,7,17-18H2,1-6H3,(H,35,39)/t19-,20+/m1/s1. The number of ether oxygens (including phenoxy) is 3. The minimum Gasteiger partial charge on any atom is -0.495 e. The summed E-state index contributed by atoms with van der Waals surface area (Å²) < 4.78 is 45.6. The summed E-state index contributed by atoms with van der Waals surface area (Å²) in [6.07, 6.45) is 0.672. The molecule has 0 bridgehead atoms. The zero-order valence-electron chi connectivity index (χ0n) is 25.8. The molecule has 3 aromatic rings. The Morgan fingerprint density at radius 1 is 0.844 bits per heavy atom. The van der Waals surface area contributed by atoms with Crippen LogP contribution < -0.4 is 23.8 Å². The molecule has 14 heteroatoms. The highest BCUT2D eigenvalue weighted by Gasteiger charge is 2.34. The lowest BCUT2D eigenvalue weighted by molar-refractivity contribution is -0.139. The molecule has 0 saturated carbocycles. The number of carbonyl (C=O) groups is 2. The summed E-state index contributed by atoms with van der Waals surface area (Å²) in [5, 5.41) is 3.68. The van der Waals surface area contributed by atoms with Crippen molar-refractivity contribution < 1.29 is 32.2 Å². The van der Waals surface area contributed by atoms with Crippen LogP contribution in [-0.4, -0.2) is 65.1 Å². The Balaban J connectivity index is 2.16. The molecule has 0 saturated heterocycles. The van der Waals surface area contributed by atoms with Gasteiger partial charge in [0.15, 0.2) is 11.5 Å². The second kappa shape index (κ2) is 15.8. The number of rotatable bonds is 14. The lowest BCUT2D eigenvalue weighted by Gasteiger charge is -2.33. The van der Waals surface area contributed by atoms with Crippen LogP contribution >= 0.6 is 34.8 Å². The molecule has 10 nitrogen and oxygen atoms in total. The maximum absolute atomic E-state index is 14.3. The molecule has 2 atom stereocenters. The highest BCUT2D eigenvalue weighted by Crippen LogP contribution is 2.37. The van der Waals surface area contributed by atoms with E-state index in [1.165, 1.54) is 62.6 Å². The molecule has 3 rings (SSSR count). The second-order valence-corrected chi connectivity index (χ2v) is 13.2. The quantitative estimate of drug-likeness (QED) is 0.213. The highest BCUT2D eigenvalue weighted by atomic mass is 35.5. The van der Waals surface area contributed by atoms with E-state index in [0.29, 0.717) is 22.8 Å². The number of hydrogen-bond donors (Lipinski definition) is 1. The van der Waals surface area contributed by atoms with E-state index >= 15 is 0 Å². The Bertz CT molecular complexity index is 1640. The van der Waals surface area contributed by atoms with E-state index in [1.54, 1.807) is 25.1 Å². The number of hydrogen-bond acceptors (Lipinski definition) is 7. The van der Waals surface area contributed by atoms with Crippen LogP contribution in [0.3, 0.4) is 0 Å². The topological polar surface area (TPSA) is 114 Å². The first kappa shape index (κ1) is 36.1. The van der Waals surface area contributed by atoms with Gasteiger partial charge in [-0.1, -0.05) is 47.8 Å². The van der Waals surface area contributed by atoms with Gasteiger partial charge in [-0.05, 0) is 68.3 Å². The fraction of sp³-hybridized carbons (Fsp3) is 0.355. The molecular weight excluding hydrogens is 665 g/mol. The number of methoxy groups -OCH3 is 3. The largest absolute Gasteiger partial charge is 0.495 e. The van der Waals surface area contributed by atoms with Crippen molar-refractivity contribution >= 4 is 62.3 Å². The van der Waals surface area contributed by atoms with Gasteiger partial charge in [-0.15, -0.1) is 0 Å². The average molecular weight is 701 g/mol. The van der Waals surface area contributed by atoms with Crippen LogP contribution in [-0.2, 0) is 26.2 Å². The van der Waals surface area contributed by atoms with E-state index in [4.69, 9.17) is 49.0 Å². The van der Waals surface area contributed by atoms with E-state index < -0.39 is 34.4 Å². The van der Waals surface area contributed by atoms with Crippen LogP contribution in [0.1, 0.15) is 32.8 Å². The molecule has 0 aromatic heterocycles. The number of anilines is 1. The van der Waals surface area contributed by atoms with E-state index in [0.717, 1.165) is 4.31 Å². The maximum Gasteiger partial charge on any atom is 0.265 e. The van der Waals surface area contributed by atoms with E-state index in [-0.39, 0.29) is 44.7 Å². The molecular formula is C31H36Cl3N3O7S. The van der Waals surface area contributed by atoms with Gasteiger partial charge >= 0.3 is 0 Å². The summed E-state index contributed by atoms with van der Waals surface area (Å²) >= 11 is 18.7. The normalized spacial score (nSPS) is 12.6. The molecule has 2 amide bonds. The summed E-state index contributed by atoms with van der Waals surface area (Å²) in [5.74, 6) is -0.464. The van der Waals surface area contributed by atoms with Crippen LogP contribution in [0.25, 0.3) is 0 Å².